The first-order chi connectivity index (χ1) is 18.4. The highest BCUT2D eigenvalue weighted by molar-refractivity contribution is 7.99. The second-order valence-corrected chi connectivity index (χ2v) is 10.1. The molecule has 1 aliphatic heterocycles. The molecule has 38 heavy (non-hydrogen) atoms. The van der Waals surface area contributed by atoms with Gasteiger partial charge in [0.15, 0.2) is 6.29 Å². The van der Waals surface area contributed by atoms with E-state index in [0.717, 1.165) is 33.0 Å². The summed E-state index contributed by atoms with van der Waals surface area (Å²) in [6.45, 7) is 3.90. The van der Waals surface area contributed by atoms with Gasteiger partial charge in [0.2, 0.25) is 5.91 Å². The summed E-state index contributed by atoms with van der Waals surface area (Å²) in [5.74, 6) is 0.625. The Bertz CT molecular complexity index is 1200. The minimum absolute atomic E-state index is 0.00576. The van der Waals surface area contributed by atoms with Gasteiger partial charge in [-0.15, -0.1) is 11.8 Å². The highest BCUT2D eigenvalue weighted by Gasteiger charge is 2.32. The Morgan fingerprint density at radius 3 is 2.16 bits per heavy atom. The van der Waals surface area contributed by atoms with E-state index >= 15 is 0 Å². The van der Waals surface area contributed by atoms with Crippen molar-refractivity contribution in [2.45, 2.75) is 50.3 Å². The molecule has 3 amide bonds. The zero-order valence-electron chi connectivity index (χ0n) is 21.5. The fourth-order valence-electron chi connectivity index (χ4n) is 4.11. The Balaban J connectivity index is 1.47. The Morgan fingerprint density at radius 1 is 0.895 bits per heavy atom. The average Bonchev–Trinajstić information content (AvgIpc) is 2.93. The van der Waals surface area contributed by atoms with Crippen LogP contribution in [-0.2, 0) is 20.9 Å². The molecule has 3 unspecified atom stereocenters. The highest BCUT2D eigenvalue weighted by atomic mass is 32.2. The van der Waals surface area contributed by atoms with Crippen molar-refractivity contribution >= 4 is 35.1 Å². The van der Waals surface area contributed by atoms with Crippen LogP contribution in [0.5, 0.6) is 0 Å². The van der Waals surface area contributed by atoms with E-state index in [1.165, 1.54) is 6.92 Å². The van der Waals surface area contributed by atoms with Gasteiger partial charge >= 0.3 is 6.03 Å². The van der Waals surface area contributed by atoms with Crippen LogP contribution in [0, 0.1) is 0 Å². The molecule has 1 heterocycles. The zero-order valence-corrected chi connectivity index (χ0v) is 22.3. The van der Waals surface area contributed by atoms with Crippen molar-refractivity contribution in [3.63, 3.8) is 0 Å². The number of rotatable bonds is 9. The summed E-state index contributed by atoms with van der Waals surface area (Å²) in [4.78, 5) is 24.2. The summed E-state index contributed by atoms with van der Waals surface area (Å²) in [6, 6.07) is 22.7. The van der Waals surface area contributed by atoms with Crippen LogP contribution in [0.4, 0.5) is 16.2 Å². The Labute approximate surface area is 227 Å². The number of carbonyl (C=O) groups is 2. The van der Waals surface area contributed by atoms with E-state index in [9.17, 15) is 14.7 Å². The van der Waals surface area contributed by atoms with Gasteiger partial charge in [-0.3, -0.25) is 4.79 Å². The first kappa shape index (κ1) is 27.7. The van der Waals surface area contributed by atoms with Crippen molar-refractivity contribution in [1.29, 1.82) is 0 Å². The van der Waals surface area contributed by atoms with Crippen molar-refractivity contribution in [2.24, 2.45) is 0 Å². The van der Waals surface area contributed by atoms with E-state index in [0.29, 0.717) is 18.7 Å². The fraction of sp³-hybridized carbons (Fsp3) is 0.310. The van der Waals surface area contributed by atoms with Crippen LogP contribution >= 0.6 is 11.8 Å². The maximum absolute atomic E-state index is 11.8. The normalized spacial score (nSPS) is 19.0. The number of aliphatic hydroxyl groups is 1. The van der Waals surface area contributed by atoms with E-state index in [-0.39, 0.29) is 30.8 Å². The van der Waals surface area contributed by atoms with Crippen molar-refractivity contribution in [3.8, 4) is 0 Å². The van der Waals surface area contributed by atoms with Crippen LogP contribution in [0.2, 0.25) is 0 Å². The number of thioether (sulfide) groups is 1. The van der Waals surface area contributed by atoms with E-state index in [4.69, 9.17) is 9.47 Å². The predicted molar refractivity (Wildman–Crippen MR) is 149 cm³/mol. The van der Waals surface area contributed by atoms with Crippen molar-refractivity contribution in [1.82, 2.24) is 5.32 Å². The van der Waals surface area contributed by atoms with Crippen molar-refractivity contribution in [3.05, 3.63) is 89.5 Å². The molecule has 200 valence electrons. The molecule has 1 fully saturated rings. The van der Waals surface area contributed by atoms with Gasteiger partial charge in [0.05, 0.1) is 18.8 Å². The van der Waals surface area contributed by atoms with Crippen LogP contribution in [0.1, 0.15) is 49.4 Å². The molecule has 3 atom stereocenters. The summed E-state index contributed by atoms with van der Waals surface area (Å²) in [7, 11) is 0. The van der Waals surface area contributed by atoms with Crippen molar-refractivity contribution in [2.75, 3.05) is 22.9 Å². The Morgan fingerprint density at radius 2 is 1.53 bits per heavy atom. The standard InChI is InChI=1S/C29H33N3O5S/c1-3-30-29(35)32-24-10-8-22(9-11-24)28-36-25(16-27(37-28)21-6-4-20(17-33)5-7-21)18-38-26-14-12-23(13-15-26)31-19(2)34/h4-15,25,27-28,33H,3,16-18H2,1-2H3,(H,31,34)(H2,30,32,35). The smallest absolute Gasteiger partial charge is 0.319 e. The van der Waals surface area contributed by atoms with Gasteiger partial charge in [-0.05, 0) is 54.4 Å². The molecule has 0 aromatic heterocycles. The number of anilines is 2. The van der Waals surface area contributed by atoms with E-state index in [1.807, 2.05) is 79.7 Å². The van der Waals surface area contributed by atoms with Crippen LogP contribution in [0.25, 0.3) is 0 Å². The van der Waals surface area contributed by atoms with Gasteiger partial charge in [-0.2, -0.15) is 0 Å². The number of amides is 3. The third-order valence-electron chi connectivity index (χ3n) is 6.00. The number of nitrogens with one attached hydrogen (secondary N) is 3. The molecule has 8 nitrogen and oxygen atoms in total. The maximum atomic E-state index is 11.8. The quantitative estimate of drug-likeness (QED) is 0.265. The first-order valence-electron chi connectivity index (χ1n) is 12.6. The average molecular weight is 536 g/mol. The van der Waals surface area contributed by atoms with Crippen molar-refractivity contribution < 1.29 is 24.2 Å². The number of hydrogen-bond acceptors (Lipinski definition) is 6. The molecule has 1 saturated heterocycles. The largest absolute Gasteiger partial charge is 0.392 e. The molecule has 0 saturated carbocycles. The number of ether oxygens (including phenoxy) is 2. The minimum Gasteiger partial charge on any atom is -0.392 e. The molecule has 0 aliphatic carbocycles. The molecule has 9 heteroatoms. The number of carbonyl (C=O) groups excluding carboxylic acids is 2. The predicted octanol–water partition coefficient (Wildman–Crippen LogP) is 5.62. The molecular formula is C29H33N3O5S. The molecule has 3 aromatic rings. The molecule has 1 aliphatic rings. The second kappa shape index (κ2) is 13.4. The van der Waals surface area contributed by atoms with E-state index in [1.54, 1.807) is 11.8 Å². The Hall–Kier alpha value is -3.37. The summed E-state index contributed by atoms with van der Waals surface area (Å²) in [6.07, 6.45) is -0.146. The molecule has 0 radical (unpaired) electrons. The van der Waals surface area contributed by atoms with Crippen LogP contribution < -0.4 is 16.0 Å². The SMILES string of the molecule is CCNC(=O)Nc1ccc(C2OC(CSc3ccc(NC(C)=O)cc3)CC(c3ccc(CO)cc3)O2)cc1. The lowest BCUT2D eigenvalue weighted by atomic mass is 10.0. The lowest BCUT2D eigenvalue weighted by Crippen LogP contribution is -2.31. The van der Waals surface area contributed by atoms with Gasteiger partial charge < -0.3 is 30.5 Å². The summed E-state index contributed by atoms with van der Waals surface area (Å²) in [5.41, 5.74) is 4.18. The molecule has 0 bridgehead atoms. The van der Waals surface area contributed by atoms with Gasteiger partial charge in [0.25, 0.3) is 0 Å². The number of benzene rings is 3. The molecule has 0 spiro atoms. The van der Waals surface area contributed by atoms with Crippen LogP contribution in [0.3, 0.4) is 0 Å². The lowest BCUT2D eigenvalue weighted by molar-refractivity contribution is -0.245. The molecule has 4 rings (SSSR count). The van der Waals surface area contributed by atoms with Gasteiger partial charge in [0.1, 0.15) is 0 Å². The minimum atomic E-state index is -0.572. The molecule has 3 aromatic carbocycles. The van der Waals surface area contributed by atoms with Gasteiger partial charge in [-0.25, -0.2) is 4.79 Å². The lowest BCUT2D eigenvalue weighted by Gasteiger charge is -2.36. The van der Waals surface area contributed by atoms with Crippen LogP contribution in [0.15, 0.2) is 77.7 Å². The maximum Gasteiger partial charge on any atom is 0.319 e. The van der Waals surface area contributed by atoms with Crippen LogP contribution in [-0.4, -0.2) is 35.4 Å². The first-order valence-corrected chi connectivity index (χ1v) is 13.6. The summed E-state index contributed by atoms with van der Waals surface area (Å²) in [5, 5.41) is 17.7. The third-order valence-corrected chi connectivity index (χ3v) is 7.15. The monoisotopic (exact) mass is 535 g/mol. The number of hydrogen-bond donors (Lipinski definition) is 4. The topological polar surface area (TPSA) is 109 Å². The third kappa shape index (κ3) is 7.82. The second-order valence-electron chi connectivity index (χ2n) is 8.97. The molecule has 4 N–H and O–H groups in total. The van der Waals surface area contributed by atoms with E-state index in [2.05, 4.69) is 16.0 Å². The number of aliphatic hydroxyl groups excluding tert-OH is 1. The fourth-order valence-corrected chi connectivity index (χ4v) is 5.03. The highest BCUT2D eigenvalue weighted by Crippen LogP contribution is 2.39. The molecular weight excluding hydrogens is 502 g/mol. The Kier molecular flexibility index (Phi) is 9.78. The van der Waals surface area contributed by atoms with Gasteiger partial charge in [-0.1, -0.05) is 36.4 Å². The summed E-state index contributed by atoms with van der Waals surface area (Å²) >= 11 is 1.69. The number of urea groups is 1. The van der Waals surface area contributed by atoms with E-state index < -0.39 is 6.29 Å². The zero-order chi connectivity index (χ0) is 26.9. The summed E-state index contributed by atoms with van der Waals surface area (Å²) < 4.78 is 12.8. The van der Waals surface area contributed by atoms with Gasteiger partial charge in [0, 0.05) is 47.5 Å².